The fraction of sp³-hybridized carbons (Fsp3) is 0.167. The Morgan fingerprint density at radius 3 is 2.67 bits per heavy atom. The van der Waals surface area contributed by atoms with Crippen molar-refractivity contribution in [2.24, 2.45) is 0 Å². The van der Waals surface area contributed by atoms with Gasteiger partial charge in [-0.05, 0) is 12.1 Å². The van der Waals surface area contributed by atoms with Gasteiger partial charge < -0.3 is 4.74 Å². The molecule has 0 bridgehead atoms. The molecule has 0 radical (unpaired) electrons. The van der Waals surface area contributed by atoms with Crippen LogP contribution >= 0.6 is 11.3 Å². The summed E-state index contributed by atoms with van der Waals surface area (Å²) in [6, 6.07) is 3.62. The van der Waals surface area contributed by atoms with E-state index in [0.717, 1.165) is 11.3 Å². The summed E-state index contributed by atoms with van der Waals surface area (Å²) >= 11 is 1.08. The molecule has 2 aromatic rings. The molecule has 0 aliphatic heterocycles. The van der Waals surface area contributed by atoms with E-state index in [0.29, 0.717) is 5.69 Å². The Kier molecular flexibility index (Phi) is 3.66. The smallest absolute Gasteiger partial charge is 0.311 e. The molecule has 6 heteroatoms. The van der Waals surface area contributed by atoms with Crippen LogP contribution in [0.1, 0.15) is 5.69 Å². The van der Waals surface area contributed by atoms with Crippen molar-refractivity contribution in [3.8, 4) is 10.6 Å². The summed E-state index contributed by atoms with van der Waals surface area (Å²) in [6.45, 7) is 0. The summed E-state index contributed by atoms with van der Waals surface area (Å²) in [5.74, 6) is -1.79. The summed E-state index contributed by atoms with van der Waals surface area (Å²) in [5, 5.41) is 1.79. The van der Waals surface area contributed by atoms with Gasteiger partial charge in [-0.2, -0.15) is 0 Å². The van der Waals surface area contributed by atoms with Gasteiger partial charge in [-0.15, -0.1) is 11.3 Å². The number of rotatable bonds is 3. The maximum atomic E-state index is 13.5. The Bertz CT molecular complexity index is 563. The average Bonchev–Trinajstić information content (AvgIpc) is 2.77. The molecule has 1 aromatic heterocycles. The number of benzene rings is 1. The number of carbonyl (C=O) groups excluding carboxylic acids is 1. The minimum Gasteiger partial charge on any atom is -0.469 e. The van der Waals surface area contributed by atoms with E-state index >= 15 is 0 Å². The highest BCUT2D eigenvalue weighted by Gasteiger charge is 2.15. The lowest BCUT2D eigenvalue weighted by Gasteiger charge is -2.00. The molecule has 0 aliphatic rings. The minimum absolute atomic E-state index is 0.0108. The van der Waals surface area contributed by atoms with Gasteiger partial charge in [0.15, 0.2) is 0 Å². The van der Waals surface area contributed by atoms with E-state index in [2.05, 4.69) is 9.72 Å². The second-order valence-corrected chi connectivity index (χ2v) is 4.35. The zero-order chi connectivity index (χ0) is 13.1. The van der Waals surface area contributed by atoms with Crippen molar-refractivity contribution in [3.05, 3.63) is 40.9 Å². The fourth-order valence-electron chi connectivity index (χ4n) is 1.43. The second kappa shape index (κ2) is 5.22. The molecule has 1 heterocycles. The molecule has 0 unspecified atom stereocenters. The molecule has 0 N–H and O–H groups in total. The van der Waals surface area contributed by atoms with Crippen LogP contribution in [0.3, 0.4) is 0 Å². The number of nitrogens with zero attached hydrogens (tertiary/aromatic N) is 1. The quantitative estimate of drug-likeness (QED) is 0.804. The van der Waals surface area contributed by atoms with Gasteiger partial charge >= 0.3 is 5.97 Å². The Morgan fingerprint density at radius 1 is 1.39 bits per heavy atom. The van der Waals surface area contributed by atoms with Gasteiger partial charge in [0.25, 0.3) is 0 Å². The molecule has 0 spiro atoms. The van der Waals surface area contributed by atoms with Crippen LogP contribution in [0.4, 0.5) is 8.78 Å². The standard InChI is InChI=1S/C12H9F2NO2S/c1-17-10(16)5-7-6-18-12(15-7)11-8(13)3-2-4-9(11)14/h2-4,6H,5H2,1H3. The molecule has 94 valence electrons. The van der Waals surface area contributed by atoms with Crippen LogP contribution in [0.5, 0.6) is 0 Å². The van der Waals surface area contributed by atoms with Crippen molar-refractivity contribution < 1.29 is 18.3 Å². The van der Waals surface area contributed by atoms with E-state index in [1.165, 1.54) is 25.3 Å². The summed E-state index contributed by atoms with van der Waals surface area (Å²) in [4.78, 5) is 15.1. The molecule has 0 amide bonds. The van der Waals surface area contributed by atoms with E-state index < -0.39 is 17.6 Å². The van der Waals surface area contributed by atoms with E-state index in [1.807, 2.05) is 0 Å². The van der Waals surface area contributed by atoms with Gasteiger partial charge in [0.05, 0.1) is 24.8 Å². The molecular weight excluding hydrogens is 260 g/mol. The number of thiazole rings is 1. The molecule has 3 nitrogen and oxygen atoms in total. The Labute approximate surface area is 106 Å². The van der Waals surface area contributed by atoms with Crippen LogP contribution in [-0.2, 0) is 16.0 Å². The summed E-state index contributed by atoms with van der Waals surface area (Å²) in [6.07, 6.45) is -0.0108. The summed E-state index contributed by atoms with van der Waals surface area (Å²) in [5.41, 5.74) is 0.267. The lowest BCUT2D eigenvalue weighted by molar-refractivity contribution is -0.139. The van der Waals surface area contributed by atoms with Gasteiger partial charge in [-0.3, -0.25) is 4.79 Å². The maximum Gasteiger partial charge on any atom is 0.311 e. The molecule has 1 aromatic carbocycles. The van der Waals surface area contributed by atoms with Gasteiger partial charge in [-0.1, -0.05) is 6.07 Å². The minimum atomic E-state index is -0.672. The zero-order valence-corrected chi connectivity index (χ0v) is 10.3. The predicted molar refractivity (Wildman–Crippen MR) is 63.2 cm³/mol. The third-order valence-electron chi connectivity index (χ3n) is 2.28. The SMILES string of the molecule is COC(=O)Cc1csc(-c2c(F)cccc2F)n1. The number of aromatic nitrogens is 1. The van der Waals surface area contributed by atoms with E-state index in [9.17, 15) is 13.6 Å². The molecule has 0 saturated heterocycles. The van der Waals surface area contributed by atoms with Crippen molar-refractivity contribution in [3.63, 3.8) is 0 Å². The lowest BCUT2D eigenvalue weighted by atomic mass is 10.2. The third kappa shape index (κ3) is 2.53. The topological polar surface area (TPSA) is 39.2 Å². The van der Waals surface area contributed by atoms with Crippen LogP contribution in [0, 0.1) is 11.6 Å². The zero-order valence-electron chi connectivity index (χ0n) is 9.44. The number of methoxy groups -OCH3 is 1. The Hall–Kier alpha value is -1.82. The number of halogens is 2. The first kappa shape index (κ1) is 12.6. The predicted octanol–water partition coefficient (Wildman–Crippen LogP) is 2.80. The molecule has 0 fully saturated rings. The van der Waals surface area contributed by atoms with E-state index in [1.54, 1.807) is 5.38 Å². The number of hydrogen-bond donors (Lipinski definition) is 0. The van der Waals surface area contributed by atoms with Crippen molar-refractivity contribution in [1.29, 1.82) is 0 Å². The second-order valence-electron chi connectivity index (χ2n) is 3.49. The number of ether oxygens (including phenoxy) is 1. The molecule has 0 aliphatic carbocycles. The average molecular weight is 269 g/mol. The van der Waals surface area contributed by atoms with Crippen LogP contribution in [0.2, 0.25) is 0 Å². The number of esters is 1. The van der Waals surface area contributed by atoms with E-state index in [-0.39, 0.29) is 17.0 Å². The highest BCUT2D eigenvalue weighted by atomic mass is 32.1. The Balaban J connectivity index is 2.32. The first-order chi connectivity index (χ1) is 8.61. The van der Waals surface area contributed by atoms with Gasteiger partial charge in [0.2, 0.25) is 0 Å². The molecule has 0 atom stereocenters. The number of hydrogen-bond acceptors (Lipinski definition) is 4. The maximum absolute atomic E-state index is 13.5. The third-order valence-corrected chi connectivity index (χ3v) is 3.19. The molecule has 0 saturated carbocycles. The van der Waals surface area contributed by atoms with Crippen LogP contribution in [0.15, 0.2) is 23.6 Å². The first-order valence-electron chi connectivity index (χ1n) is 5.07. The molecule has 18 heavy (non-hydrogen) atoms. The largest absolute Gasteiger partial charge is 0.469 e. The van der Waals surface area contributed by atoms with Gasteiger partial charge in [-0.25, -0.2) is 13.8 Å². The first-order valence-corrected chi connectivity index (χ1v) is 5.95. The molecular formula is C12H9F2NO2S. The van der Waals surface area contributed by atoms with Gasteiger partial charge in [0.1, 0.15) is 16.6 Å². The van der Waals surface area contributed by atoms with Crippen LogP contribution < -0.4 is 0 Å². The lowest BCUT2D eigenvalue weighted by Crippen LogP contribution is -2.04. The fourth-order valence-corrected chi connectivity index (χ4v) is 2.29. The van der Waals surface area contributed by atoms with E-state index in [4.69, 9.17) is 0 Å². The van der Waals surface area contributed by atoms with Crippen molar-refractivity contribution >= 4 is 17.3 Å². The number of carbonyl (C=O) groups is 1. The summed E-state index contributed by atoms with van der Waals surface area (Å²) in [7, 11) is 1.27. The highest BCUT2D eigenvalue weighted by Crippen LogP contribution is 2.28. The highest BCUT2D eigenvalue weighted by molar-refractivity contribution is 7.13. The normalized spacial score (nSPS) is 10.4. The van der Waals surface area contributed by atoms with Crippen molar-refractivity contribution in [1.82, 2.24) is 4.98 Å². The van der Waals surface area contributed by atoms with Gasteiger partial charge in [0, 0.05) is 5.38 Å². The molecule has 2 rings (SSSR count). The van der Waals surface area contributed by atoms with Crippen molar-refractivity contribution in [2.45, 2.75) is 6.42 Å². The Morgan fingerprint density at radius 2 is 2.06 bits per heavy atom. The summed E-state index contributed by atoms with van der Waals surface area (Å²) < 4.78 is 31.5. The van der Waals surface area contributed by atoms with Crippen LogP contribution in [0.25, 0.3) is 10.6 Å². The monoisotopic (exact) mass is 269 g/mol. The van der Waals surface area contributed by atoms with Crippen LogP contribution in [-0.4, -0.2) is 18.1 Å². The van der Waals surface area contributed by atoms with Crippen molar-refractivity contribution in [2.75, 3.05) is 7.11 Å².